The molecule has 0 bridgehead atoms. The first-order valence-electron chi connectivity index (χ1n) is 7.47. The fourth-order valence-electron chi connectivity index (χ4n) is 2.71. The summed E-state index contributed by atoms with van der Waals surface area (Å²) in [7, 11) is 0. The van der Waals surface area contributed by atoms with E-state index in [0.29, 0.717) is 19.3 Å². The van der Waals surface area contributed by atoms with Crippen molar-refractivity contribution in [1.29, 1.82) is 0 Å². The quantitative estimate of drug-likeness (QED) is 0.714. The zero-order valence-electron chi connectivity index (χ0n) is 12.0. The Kier molecular flexibility index (Phi) is 5.60. The van der Waals surface area contributed by atoms with Gasteiger partial charge in [-0.15, -0.1) is 0 Å². The number of rotatable bonds is 7. The molecule has 1 heterocycles. The van der Waals surface area contributed by atoms with Crippen LogP contribution in [0.5, 0.6) is 0 Å². The summed E-state index contributed by atoms with van der Waals surface area (Å²) in [4.78, 5) is 12.2. The van der Waals surface area contributed by atoms with Gasteiger partial charge in [0.2, 0.25) is 5.91 Å². The second kappa shape index (κ2) is 7.22. The topological polar surface area (TPSA) is 59.6 Å². The molecular weight excluding hydrogens is 244 g/mol. The van der Waals surface area contributed by atoms with Crippen LogP contribution in [-0.2, 0) is 14.3 Å². The second-order valence-corrected chi connectivity index (χ2v) is 5.46. The summed E-state index contributed by atoms with van der Waals surface area (Å²) in [6.45, 7) is 7.00. The molecule has 0 aromatic carbocycles. The van der Waals surface area contributed by atoms with Gasteiger partial charge in [-0.1, -0.05) is 6.92 Å². The smallest absolute Gasteiger partial charge is 0.227 e. The Morgan fingerprint density at radius 2 is 2.11 bits per heavy atom. The van der Waals surface area contributed by atoms with Gasteiger partial charge in [0.05, 0.1) is 25.2 Å². The van der Waals surface area contributed by atoms with Crippen LogP contribution in [0.3, 0.4) is 0 Å². The summed E-state index contributed by atoms with van der Waals surface area (Å²) in [6.07, 6.45) is 3.30. The molecule has 19 heavy (non-hydrogen) atoms. The highest BCUT2D eigenvalue weighted by molar-refractivity contribution is 5.80. The summed E-state index contributed by atoms with van der Waals surface area (Å²) in [5.41, 5.74) is 0. The van der Waals surface area contributed by atoms with Crippen LogP contribution in [0.1, 0.15) is 33.1 Å². The van der Waals surface area contributed by atoms with Crippen molar-refractivity contribution >= 4 is 5.91 Å². The molecule has 2 atom stereocenters. The molecule has 5 nitrogen and oxygen atoms in total. The SMILES string of the molecule is CCCNC1COCC1C(=O)NC1CC(OCC)C1. The normalized spacial score (nSPS) is 34.0. The van der Waals surface area contributed by atoms with Crippen LogP contribution in [0.15, 0.2) is 0 Å². The number of carbonyl (C=O) groups is 1. The van der Waals surface area contributed by atoms with Crippen molar-refractivity contribution in [1.82, 2.24) is 10.6 Å². The number of carbonyl (C=O) groups excluding carboxylic acids is 1. The van der Waals surface area contributed by atoms with E-state index < -0.39 is 0 Å². The van der Waals surface area contributed by atoms with Crippen molar-refractivity contribution in [3.05, 3.63) is 0 Å². The van der Waals surface area contributed by atoms with Crippen molar-refractivity contribution in [2.45, 2.75) is 51.3 Å². The molecule has 0 aromatic heterocycles. The van der Waals surface area contributed by atoms with E-state index >= 15 is 0 Å². The monoisotopic (exact) mass is 270 g/mol. The lowest BCUT2D eigenvalue weighted by Crippen LogP contribution is -2.52. The minimum absolute atomic E-state index is 0.0438. The Bertz CT molecular complexity index is 292. The van der Waals surface area contributed by atoms with Gasteiger partial charge in [0.15, 0.2) is 0 Å². The third-order valence-corrected chi connectivity index (χ3v) is 3.92. The Hall–Kier alpha value is -0.650. The highest BCUT2D eigenvalue weighted by Gasteiger charge is 2.37. The highest BCUT2D eigenvalue weighted by atomic mass is 16.5. The Labute approximate surface area is 115 Å². The number of amides is 1. The van der Waals surface area contributed by atoms with Crippen molar-refractivity contribution in [3.8, 4) is 0 Å². The summed E-state index contributed by atoms with van der Waals surface area (Å²) in [5, 5.41) is 6.50. The maximum Gasteiger partial charge on any atom is 0.227 e. The molecule has 1 saturated carbocycles. The van der Waals surface area contributed by atoms with Crippen molar-refractivity contribution in [3.63, 3.8) is 0 Å². The first-order valence-corrected chi connectivity index (χ1v) is 7.47. The number of hydrogen-bond acceptors (Lipinski definition) is 4. The number of ether oxygens (including phenoxy) is 2. The lowest BCUT2D eigenvalue weighted by Gasteiger charge is -2.36. The van der Waals surface area contributed by atoms with Gasteiger partial charge in [-0.05, 0) is 32.7 Å². The molecule has 1 saturated heterocycles. The van der Waals surface area contributed by atoms with Crippen molar-refractivity contribution in [2.75, 3.05) is 26.4 Å². The standard InChI is InChI=1S/C14H26N2O3/c1-3-5-15-13-9-18-8-12(13)14(17)16-10-6-11(7-10)19-4-2/h10-13,15H,3-9H2,1-2H3,(H,16,17). The number of nitrogens with one attached hydrogen (secondary N) is 2. The first-order chi connectivity index (χ1) is 9.24. The van der Waals surface area contributed by atoms with Gasteiger partial charge in [-0.2, -0.15) is 0 Å². The molecule has 1 aliphatic heterocycles. The van der Waals surface area contributed by atoms with E-state index in [1.807, 2.05) is 6.92 Å². The first kappa shape index (κ1) is 14.8. The molecular formula is C14H26N2O3. The lowest BCUT2D eigenvalue weighted by molar-refractivity contribution is -0.128. The molecule has 2 fully saturated rings. The molecule has 0 spiro atoms. The van der Waals surface area contributed by atoms with Crippen LogP contribution >= 0.6 is 0 Å². The third-order valence-electron chi connectivity index (χ3n) is 3.92. The predicted molar refractivity (Wildman–Crippen MR) is 73.0 cm³/mol. The third kappa shape index (κ3) is 3.91. The summed E-state index contributed by atoms with van der Waals surface area (Å²) < 4.78 is 10.9. The molecule has 2 unspecified atom stereocenters. The van der Waals surface area contributed by atoms with Gasteiger partial charge in [0, 0.05) is 18.7 Å². The van der Waals surface area contributed by atoms with Gasteiger partial charge in [0.1, 0.15) is 0 Å². The second-order valence-electron chi connectivity index (χ2n) is 5.46. The van der Waals surface area contributed by atoms with Crippen LogP contribution < -0.4 is 10.6 Å². The fraction of sp³-hybridized carbons (Fsp3) is 0.929. The minimum atomic E-state index is -0.0438. The lowest BCUT2D eigenvalue weighted by atomic mass is 9.88. The molecule has 1 aliphatic carbocycles. The molecule has 0 radical (unpaired) electrons. The molecule has 2 aliphatic rings. The van der Waals surface area contributed by atoms with Crippen LogP contribution in [0, 0.1) is 5.92 Å². The van der Waals surface area contributed by atoms with Gasteiger partial charge >= 0.3 is 0 Å². The Balaban J connectivity index is 1.71. The Morgan fingerprint density at radius 3 is 2.79 bits per heavy atom. The van der Waals surface area contributed by atoms with Crippen molar-refractivity contribution < 1.29 is 14.3 Å². The summed E-state index contributed by atoms with van der Waals surface area (Å²) in [5.74, 6) is 0.0868. The minimum Gasteiger partial charge on any atom is -0.379 e. The molecule has 0 aromatic rings. The van der Waals surface area contributed by atoms with Gasteiger partial charge in [-0.3, -0.25) is 4.79 Å². The van der Waals surface area contributed by atoms with Crippen LogP contribution in [0.2, 0.25) is 0 Å². The molecule has 5 heteroatoms. The predicted octanol–water partition coefficient (Wildman–Crippen LogP) is 0.685. The van der Waals surface area contributed by atoms with Crippen molar-refractivity contribution in [2.24, 2.45) is 5.92 Å². The van der Waals surface area contributed by atoms with E-state index in [0.717, 1.165) is 32.4 Å². The van der Waals surface area contributed by atoms with E-state index in [2.05, 4.69) is 17.6 Å². The average Bonchev–Trinajstić information content (AvgIpc) is 2.82. The van der Waals surface area contributed by atoms with Crippen LogP contribution in [0.4, 0.5) is 0 Å². The molecule has 2 rings (SSSR count). The van der Waals surface area contributed by atoms with Gasteiger partial charge < -0.3 is 20.1 Å². The molecule has 110 valence electrons. The zero-order chi connectivity index (χ0) is 13.7. The van der Waals surface area contributed by atoms with E-state index in [1.165, 1.54) is 0 Å². The van der Waals surface area contributed by atoms with Crippen LogP contribution in [0.25, 0.3) is 0 Å². The zero-order valence-corrected chi connectivity index (χ0v) is 12.0. The van der Waals surface area contributed by atoms with Gasteiger partial charge in [-0.25, -0.2) is 0 Å². The molecule has 1 amide bonds. The largest absolute Gasteiger partial charge is 0.379 e. The fourth-order valence-corrected chi connectivity index (χ4v) is 2.71. The highest BCUT2D eigenvalue weighted by Crippen LogP contribution is 2.24. The van der Waals surface area contributed by atoms with E-state index in [-0.39, 0.29) is 23.9 Å². The van der Waals surface area contributed by atoms with E-state index in [9.17, 15) is 4.79 Å². The van der Waals surface area contributed by atoms with E-state index in [1.54, 1.807) is 0 Å². The average molecular weight is 270 g/mol. The summed E-state index contributed by atoms with van der Waals surface area (Å²) in [6, 6.07) is 0.458. The molecule has 2 N–H and O–H groups in total. The maximum atomic E-state index is 12.2. The van der Waals surface area contributed by atoms with Crippen LogP contribution in [-0.4, -0.2) is 50.5 Å². The summed E-state index contributed by atoms with van der Waals surface area (Å²) >= 11 is 0. The Morgan fingerprint density at radius 1 is 1.32 bits per heavy atom. The van der Waals surface area contributed by atoms with Gasteiger partial charge in [0.25, 0.3) is 0 Å². The maximum absolute atomic E-state index is 12.2. The number of hydrogen-bond donors (Lipinski definition) is 2. The van der Waals surface area contributed by atoms with E-state index in [4.69, 9.17) is 9.47 Å².